The molecule has 1 amide bonds. The van der Waals surface area contributed by atoms with Crippen LogP contribution in [0.15, 0.2) is 24.3 Å². The minimum Gasteiger partial charge on any atom is -0.497 e. The molecule has 106 valence electrons. The van der Waals surface area contributed by atoms with Crippen LogP contribution in [-0.4, -0.2) is 26.7 Å². The first-order valence-electron chi connectivity index (χ1n) is 6.18. The van der Waals surface area contributed by atoms with E-state index in [9.17, 15) is 4.79 Å². The molecule has 1 N–H and O–H groups in total. The van der Waals surface area contributed by atoms with E-state index < -0.39 is 0 Å². The number of amides is 1. The van der Waals surface area contributed by atoms with Crippen molar-refractivity contribution in [3.63, 3.8) is 0 Å². The number of nitrogens with zero attached hydrogens (tertiary/aromatic N) is 1. The molecule has 1 atom stereocenters. The van der Waals surface area contributed by atoms with E-state index in [2.05, 4.69) is 11.4 Å². The summed E-state index contributed by atoms with van der Waals surface area (Å²) in [6.45, 7) is 2.08. The summed E-state index contributed by atoms with van der Waals surface area (Å²) in [7, 11) is 3.13. The average Bonchev–Trinajstić information content (AvgIpc) is 2.50. The lowest BCUT2D eigenvalue weighted by Crippen LogP contribution is -2.25. The first kappa shape index (κ1) is 15.6. The molecule has 1 aromatic rings. The van der Waals surface area contributed by atoms with E-state index in [1.165, 1.54) is 6.08 Å². The smallest absolute Gasteiger partial charge is 0.244 e. The van der Waals surface area contributed by atoms with E-state index >= 15 is 0 Å². The molecule has 0 radical (unpaired) electrons. The molecule has 0 saturated carbocycles. The number of methoxy groups -OCH3 is 2. The Kier molecular flexibility index (Phi) is 6.11. The van der Waals surface area contributed by atoms with Crippen LogP contribution in [0.1, 0.15) is 12.5 Å². The molecule has 0 aliphatic rings. The van der Waals surface area contributed by atoms with Gasteiger partial charge in [0, 0.05) is 24.3 Å². The molecule has 5 nitrogen and oxygen atoms in total. The van der Waals surface area contributed by atoms with Gasteiger partial charge in [0.25, 0.3) is 0 Å². The number of nitrogens with one attached hydrogen (secondary N) is 1. The second-order valence-corrected chi connectivity index (χ2v) is 4.22. The Bertz CT molecular complexity index is 532. The van der Waals surface area contributed by atoms with Crippen molar-refractivity contribution in [1.29, 1.82) is 5.26 Å². The van der Waals surface area contributed by atoms with Crippen LogP contribution in [0.25, 0.3) is 6.08 Å². The van der Waals surface area contributed by atoms with Crippen LogP contribution < -0.4 is 14.8 Å². The average molecular weight is 274 g/mol. The van der Waals surface area contributed by atoms with Crippen molar-refractivity contribution in [1.82, 2.24) is 5.32 Å². The molecule has 0 heterocycles. The number of carbonyl (C=O) groups is 1. The Morgan fingerprint density at radius 1 is 1.45 bits per heavy atom. The van der Waals surface area contributed by atoms with E-state index in [0.717, 1.165) is 5.56 Å². The highest BCUT2D eigenvalue weighted by atomic mass is 16.5. The molecule has 1 aromatic carbocycles. The van der Waals surface area contributed by atoms with E-state index in [0.29, 0.717) is 18.0 Å². The van der Waals surface area contributed by atoms with Gasteiger partial charge < -0.3 is 14.8 Å². The molecule has 0 aliphatic heterocycles. The fraction of sp³-hybridized carbons (Fsp3) is 0.333. The third-order valence-corrected chi connectivity index (χ3v) is 2.66. The molecular weight excluding hydrogens is 256 g/mol. The van der Waals surface area contributed by atoms with Gasteiger partial charge in [-0.05, 0) is 25.1 Å². The predicted octanol–water partition coefficient (Wildman–Crippen LogP) is 1.99. The Morgan fingerprint density at radius 3 is 2.80 bits per heavy atom. The van der Waals surface area contributed by atoms with Crippen LogP contribution in [0.2, 0.25) is 0 Å². The number of benzene rings is 1. The molecule has 0 bridgehead atoms. The summed E-state index contributed by atoms with van der Waals surface area (Å²) in [6, 6.07) is 7.39. The van der Waals surface area contributed by atoms with E-state index in [1.54, 1.807) is 45.4 Å². The number of ether oxygens (including phenoxy) is 2. The van der Waals surface area contributed by atoms with Crippen molar-refractivity contribution in [2.45, 2.75) is 6.92 Å². The van der Waals surface area contributed by atoms with E-state index in [-0.39, 0.29) is 11.8 Å². The predicted molar refractivity (Wildman–Crippen MR) is 76.4 cm³/mol. The first-order valence-corrected chi connectivity index (χ1v) is 6.18. The highest BCUT2D eigenvalue weighted by Gasteiger charge is 2.04. The van der Waals surface area contributed by atoms with Crippen molar-refractivity contribution in [3.05, 3.63) is 29.8 Å². The zero-order valence-electron chi connectivity index (χ0n) is 11.8. The summed E-state index contributed by atoms with van der Waals surface area (Å²) in [5.41, 5.74) is 0.775. The standard InChI is InChI=1S/C15H18N2O3/c1-11(9-16)10-17-15(18)7-5-12-4-6-13(19-2)8-14(12)20-3/h4-8,11H,10H2,1-3H3,(H,17,18). The SMILES string of the molecule is COc1ccc(C=CC(=O)NCC(C)C#N)c(OC)c1. The molecule has 20 heavy (non-hydrogen) atoms. The molecule has 5 heteroatoms. The van der Waals surface area contributed by atoms with Crippen molar-refractivity contribution in [2.75, 3.05) is 20.8 Å². The molecule has 0 spiro atoms. The topological polar surface area (TPSA) is 71.3 Å². The van der Waals surface area contributed by atoms with Crippen LogP contribution in [0, 0.1) is 17.2 Å². The lowest BCUT2D eigenvalue weighted by molar-refractivity contribution is -0.116. The molecule has 0 saturated heterocycles. The van der Waals surface area contributed by atoms with Crippen LogP contribution in [0.3, 0.4) is 0 Å². The number of carbonyl (C=O) groups excluding carboxylic acids is 1. The Balaban J connectivity index is 2.70. The minimum absolute atomic E-state index is 0.206. The van der Waals surface area contributed by atoms with Crippen LogP contribution in [0.5, 0.6) is 11.5 Å². The first-order chi connectivity index (χ1) is 9.60. The third kappa shape index (κ3) is 4.65. The molecule has 0 aliphatic carbocycles. The van der Waals surface area contributed by atoms with Gasteiger partial charge in [-0.3, -0.25) is 4.79 Å². The number of nitriles is 1. The van der Waals surface area contributed by atoms with Crippen molar-refractivity contribution >= 4 is 12.0 Å². The van der Waals surface area contributed by atoms with E-state index in [1.807, 2.05) is 0 Å². The molecule has 0 fully saturated rings. The van der Waals surface area contributed by atoms with E-state index in [4.69, 9.17) is 14.7 Å². The summed E-state index contributed by atoms with van der Waals surface area (Å²) in [6.07, 6.45) is 3.07. The van der Waals surface area contributed by atoms with Gasteiger partial charge in [0.1, 0.15) is 11.5 Å². The summed E-state index contributed by atoms with van der Waals surface area (Å²) in [4.78, 5) is 11.6. The van der Waals surface area contributed by atoms with Crippen LogP contribution >= 0.6 is 0 Å². The number of hydrogen-bond acceptors (Lipinski definition) is 4. The summed E-state index contributed by atoms with van der Waals surface area (Å²) in [5, 5.41) is 11.3. The van der Waals surface area contributed by atoms with Crippen LogP contribution in [-0.2, 0) is 4.79 Å². The van der Waals surface area contributed by atoms with Gasteiger partial charge >= 0.3 is 0 Å². The largest absolute Gasteiger partial charge is 0.497 e. The quantitative estimate of drug-likeness (QED) is 0.805. The van der Waals surface area contributed by atoms with Gasteiger partial charge in [0.15, 0.2) is 0 Å². The normalized spacial score (nSPS) is 11.7. The summed E-state index contributed by atoms with van der Waals surface area (Å²) < 4.78 is 10.3. The molecule has 1 unspecified atom stereocenters. The maximum Gasteiger partial charge on any atom is 0.244 e. The zero-order valence-corrected chi connectivity index (χ0v) is 11.8. The monoisotopic (exact) mass is 274 g/mol. The maximum absolute atomic E-state index is 11.6. The van der Waals surface area contributed by atoms with Gasteiger partial charge in [-0.15, -0.1) is 0 Å². The highest BCUT2D eigenvalue weighted by Crippen LogP contribution is 2.25. The Hall–Kier alpha value is -2.48. The fourth-order valence-corrected chi connectivity index (χ4v) is 1.48. The molecule has 1 rings (SSSR count). The van der Waals surface area contributed by atoms with Gasteiger partial charge in [-0.2, -0.15) is 5.26 Å². The Morgan fingerprint density at radius 2 is 2.20 bits per heavy atom. The molecular formula is C15H18N2O3. The van der Waals surface area contributed by atoms with Crippen LogP contribution in [0.4, 0.5) is 0 Å². The lowest BCUT2D eigenvalue weighted by Gasteiger charge is -2.07. The number of hydrogen-bond donors (Lipinski definition) is 1. The third-order valence-electron chi connectivity index (χ3n) is 2.66. The molecule has 0 aromatic heterocycles. The fourth-order valence-electron chi connectivity index (χ4n) is 1.48. The van der Waals surface area contributed by atoms with Crippen molar-refractivity contribution < 1.29 is 14.3 Å². The van der Waals surface area contributed by atoms with Gasteiger partial charge in [-0.25, -0.2) is 0 Å². The zero-order chi connectivity index (χ0) is 15.0. The summed E-state index contributed by atoms with van der Waals surface area (Å²) in [5.74, 6) is 0.859. The number of rotatable bonds is 6. The van der Waals surface area contributed by atoms with Crippen molar-refractivity contribution in [2.24, 2.45) is 5.92 Å². The minimum atomic E-state index is -0.245. The Labute approximate surface area is 118 Å². The van der Waals surface area contributed by atoms with Gasteiger partial charge in [-0.1, -0.05) is 0 Å². The van der Waals surface area contributed by atoms with Gasteiger partial charge in [0.05, 0.1) is 26.2 Å². The highest BCUT2D eigenvalue weighted by molar-refractivity contribution is 5.92. The van der Waals surface area contributed by atoms with Gasteiger partial charge in [0.2, 0.25) is 5.91 Å². The maximum atomic E-state index is 11.6. The second-order valence-electron chi connectivity index (χ2n) is 4.22. The van der Waals surface area contributed by atoms with Crippen molar-refractivity contribution in [3.8, 4) is 17.6 Å². The lowest BCUT2D eigenvalue weighted by atomic mass is 10.1. The summed E-state index contributed by atoms with van der Waals surface area (Å²) >= 11 is 0. The second kappa shape index (κ2) is 7.85.